The van der Waals surface area contributed by atoms with Crippen LogP contribution >= 0.6 is 15.9 Å². The van der Waals surface area contributed by atoms with Crippen molar-refractivity contribution in [3.05, 3.63) is 28.2 Å². The van der Waals surface area contributed by atoms with Crippen LogP contribution in [0.4, 0.5) is 0 Å². The van der Waals surface area contributed by atoms with Crippen LogP contribution in [-0.4, -0.2) is 18.2 Å². The van der Waals surface area contributed by atoms with Gasteiger partial charge in [-0.25, -0.2) is 0 Å². The smallest absolute Gasteiger partial charge is 0.314 e. The van der Waals surface area contributed by atoms with Gasteiger partial charge in [0.1, 0.15) is 5.75 Å². The zero-order valence-corrected chi connectivity index (χ0v) is 10.6. The number of carbonyl (C=O) groups is 1. The van der Waals surface area contributed by atoms with Gasteiger partial charge in [0.05, 0.1) is 12.5 Å². The number of carboxylic acids is 1. The fraction of sp³-hybridized carbons (Fsp3) is 0.417. The van der Waals surface area contributed by atoms with Crippen molar-refractivity contribution in [2.45, 2.75) is 24.7 Å². The number of methoxy groups -OCH3 is 1. The maximum absolute atomic E-state index is 11.4. The number of rotatable bonds is 3. The average Bonchev–Trinajstić information content (AvgIpc) is 2.18. The maximum Gasteiger partial charge on any atom is 0.314 e. The molecule has 0 amide bonds. The molecule has 1 fully saturated rings. The Balaban J connectivity index is 2.49. The second-order valence-corrected chi connectivity index (χ2v) is 4.94. The molecule has 16 heavy (non-hydrogen) atoms. The molecule has 1 aromatic carbocycles. The van der Waals surface area contributed by atoms with E-state index in [0.29, 0.717) is 18.6 Å². The van der Waals surface area contributed by atoms with Gasteiger partial charge in [0, 0.05) is 4.47 Å². The first-order valence-electron chi connectivity index (χ1n) is 5.17. The molecule has 1 aliphatic carbocycles. The van der Waals surface area contributed by atoms with Crippen LogP contribution < -0.4 is 4.74 Å². The first-order valence-corrected chi connectivity index (χ1v) is 5.97. The molecule has 0 spiro atoms. The van der Waals surface area contributed by atoms with Crippen LogP contribution in [0.3, 0.4) is 0 Å². The summed E-state index contributed by atoms with van der Waals surface area (Å²) in [5.41, 5.74) is 0.110. The van der Waals surface area contributed by atoms with Crippen molar-refractivity contribution in [1.29, 1.82) is 0 Å². The Kier molecular flexibility index (Phi) is 2.93. The normalized spacial score (nSPS) is 17.6. The van der Waals surface area contributed by atoms with Gasteiger partial charge < -0.3 is 9.84 Å². The highest BCUT2D eigenvalue weighted by Crippen LogP contribution is 2.47. The lowest BCUT2D eigenvalue weighted by Gasteiger charge is -2.38. The van der Waals surface area contributed by atoms with E-state index in [9.17, 15) is 9.90 Å². The molecule has 0 atom stereocenters. The summed E-state index contributed by atoms with van der Waals surface area (Å²) in [5.74, 6) is -0.0431. The first kappa shape index (κ1) is 11.5. The molecule has 0 heterocycles. The SMILES string of the molecule is COc1ccc(Br)c(C2(C(=O)O)CCC2)c1. The summed E-state index contributed by atoms with van der Waals surface area (Å²) in [5, 5.41) is 9.36. The molecule has 0 radical (unpaired) electrons. The van der Waals surface area contributed by atoms with Crippen LogP contribution in [0.15, 0.2) is 22.7 Å². The molecule has 2 rings (SSSR count). The standard InChI is InChI=1S/C12H13BrO3/c1-16-8-3-4-10(13)9(7-8)12(11(14)15)5-2-6-12/h3-4,7H,2,5-6H2,1H3,(H,14,15). The summed E-state index contributed by atoms with van der Waals surface area (Å²) < 4.78 is 5.98. The fourth-order valence-electron chi connectivity index (χ4n) is 2.13. The molecule has 3 nitrogen and oxygen atoms in total. The Bertz CT molecular complexity index is 424. The van der Waals surface area contributed by atoms with Crippen molar-refractivity contribution in [2.75, 3.05) is 7.11 Å². The molecule has 1 saturated carbocycles. The molecule has 0 aromatic heterocycles. The molecule has 86 valence electrons. The van der Waals surface area contributed by atoms with Crippen molar-refractivity contribution < 1.29 is 14.6 Å². The summed E-state index contributed by atoms with van der Waals surface area (Å²) >= 11 is 3.42. The molecular formula is C12H13BrO3. The first-order chi connectivity index (χ1) is 7.60. The summed E-state index contributed by atoms with van der Waals surface area (Å²) in [6, 6.07) is 5.48. The highest BCUT2D eigenvalue weighted by atomic mass is 79.9. The lowest BCUT2D eigenvalue weighted by molar-refractivity contribution is -0.147. The van der Waals surface area contributed by atoms with Crippen LogP contribution in [0, 0.1) is 0 Å². The zero-order chi connectivity index (χ0) is 11.8. The molecule has 1 N–H and O–H groups in total. The summed E-state index contributed by atoms with van der Waals surface area (Å²) in [4.78, 5) is 11.4. The minimum Gasteiger partial charge on any atom is -0.497 e. The highest BCUT2D eigenvalue weighted by Gasteiger charge is 2.47. The Hall–Kier alpha value is -1.03. The average molecular weight is 285 g/mol. The van der Waals surface area contributed by atoms with Gasteiger partial charge in [0.25, 0.3) is 0 Å². The Morgan fingerprint density at radius 2 is 2.19 bits per heavy atom. The number of halogens is 1. The van der Waals surface area contributed by atoms with E-state index in [2.05, 4.69) is 15.9 Å². The van der Waals surface area contributed by atoms with Crippen LogP contribution in [0.1, 0.15) is 24.8 Å². The van der Waals surface area contributed by atoms with Gasteiger partial charge in [-0.3, -0.25) is 4.79 Å². The molecule has 0 unspecified atom stereocenters. The van der Waals surface area contributed by atoms with E-state index in [1.165, 1.54) is 0 Å². The van der Waals surface area contributed by atoms with Crippen molar-refractivity contribution in [3.63, 3.8) is 0 Å². The Morgan fingerprint density at radius 3 is 2.62 bits per heavy atom. The molecule has 4 heteroatoms. The molecule has 0 saturated heterocycles. The van der Waals surface area contributed by atoms with E-state index in [1.807, 2.05) is 18.2 Å². The number of benzene rings is 1. The van der Waals surface area contributed by atoms with Crippen molar-refractivity contribution in [2.24, 2.45) is 0 Å². The zero-order valence-electron chi connectivity index (χ0n) is 9.00. The number of hydrogen-bond acceptors (Lipinski definition) is 2. The molecule has 0 aliphatic heterocycles. The maximum atomic E-state index is 11.4. The Morgan fingerprint density at radius 1 is 1.50 bits per heavy atom. The van der Waals surface area contributed by atoms with Crippen molar-refractivity contribution >= 4 is 21.9 Å². The minimum absolute atomic E-state index is 0.700. The monoisotopic (exact) mass is 284 g/mol. The molecular weight excluding hydrogens is 272 g/mol. The van der Waals surface area contributed by atoms with E-state index in [-0.39, 0.29) is 0 Å². The highest BCUT2D eigenvalue weighted by molar-refractivity contribution is 9.10. The van der Waals surface area contributed by atoms with Crippen molar-refractivity contribution in [1.82, 2.24) is 0 Å². The van der Waals surface area contributed by atoms with Gasteiger partial charge >= 0.3 is 5.97 Å². The van der Waals surface area contributed by atoms with E-state index in [0.717, 1.165) is 16.5 Å². The summed E-state index contributed by atoms with van der Waals surface area (Å²) in [7, 11) is 1.58. The lowest BCUT2D eigenvalue weighted by atomic mass is 9.64. The lowest BCUT2D eigenvalue weighted by Crippen LogP contribution is -2.42. The number of aliphatic carboxylic acids is 1. The van der Waals surface area contributed by atoms with Crippen LogP contribution in [0.2, 0.25) is 0 Å². The fourth-order valence-corrected chi connectivity index (χ4v) is 2.75. The summed E-state index contributed by atoms with van der Waals surface area (Å²) in [6.45, 7) is 0. The second-order valence-electron chi connectivity index (χ2n) is 4.09. The predicted molar refractivity (Wildman–Crippen MR) is 63.9 cm³/mol. The number of carboxylic acid groups (broad SMARTS) is 1. The quantitative estimate of drug-likeness (QED) is 0.928. The van der Waals surface area contributed by atoms with E-state index < -0.39 is 11.4 Å². The second kappa shape index (κ2) is 4.09. The number of hydrogen-bond donors (Lipinski definition) is 1. The molecule has 0 bridgehead atoms. The van der Waals surface area contributed by atoms with Gasteiger partial charge in [0.2, 0.25) is 0 Å². The predicted octanol–water partition coefficient (Wildman–Crippen LogP) is 2.96. The third-order valence-electron chi connectivity index (χ3n) is 3.31. The van der Waals surface area contributed by atoms with Crippen LogP contribution in [-0.2, 0) is 10.2 Å². The largest absolute Gasteiger partial charge is 0.497 e. The van der Waals surface area contributed by atoms with E-state index in [1.54, 1.807) is 7.11 Å². The van der Waals surface area contributed by atoms with E-state index >= 15 is 0 Å². The van der Waals surface area contributed by atoms with Crippen LogP contribution in [0.25, 0.3) is 0 Å². The van der Waals surface area contributed by atoms with Gasteiger partial charge in [0.15, 0.2) is 0 Å². The summed E-state index contributed by atoms with van der Waals surface area (Å²) in [6.07, 6.45) is 2.37. The minimum atomic E-state index is -0.743. The molecule has 1 aromatic rings. The van der Waals surface area contributed by atoms with Gasteiger partial charge in [-0.05, 0) is 36.6 Å². The Labute approximate surface area is 103 Å². The van der Waals surface area contributed by atoms with Gasteiger partial charge in [-0.15, -0.1) is 0 Å². The molecule has 1 aliphatic rings. The van der Waals surface area contributed by atoms with Crippen molar-refractivity contribution in [3.8, 4) is 5.75 Å². The third kappa shape index (κ3) is 1.61. The van der Waals surface area contributed by atoms with Crippen LogP contribution in [0.5, 0.6) is 5.75 Å². The number of ether oxygens (including phenoxy) is 1. The third-order valence-corrected chi connectivity index (χ3v) is 4.00. The van der Waals surface area contributed by atoms with Gasteiger partial charge in [-0.2, -0.15) is 0 Å². The topological polar surface area (TPSA) is 46.5 Å². The van der Waals surface area contributed by atoms with E-state index in [4.69, 9.17) is 4.74 Å². The van der Waals surface area contributed by atoms with Gasteiger partial charge in [-0.1, -0.05) is 22.4 Å².